The maximum atomic E-state index is 11.2. The summed E-state index contributed by atoms with van der Waals surface area (Å²) in [5.41, 5.74) is 13.3. The van der Waals surface area contributed by atoms with Crippen LogP contribution in [0.2, 0.25) is 5.02 Å². The van der Waals surface area contributed by atoms with E-state index in [2.05, 4.69) is 5.32 Å². The molecule has 0 atom stereocenters. The van der Waals surface area contributed by atoms with E-state index >= 15 is 0 Å². The van der Waals surface area contributed by atoms with Crippen LogP contribution in [-0.4, -0.2) is 5.91 Å². The van der Waals surface area contributed by atoms with E-state index in [9.17, 15) is 4.79 Å². The topological polar surface area (TPSA) is 81.1 Å². The standard InChI is InChI=1S/C14H14ClN3O/c15-12-4-2-1-3-9(12)8-18-10-5-6-13(16)11(7-10)14(17)19/h1-7,18H,8,16H2,(H2,17,19). The van der Waals surface area contributed by atoms with E-state index in [1.807, 2.05) is 24.3 Å². The van der Waals surface area contributed by atoms with Crippen molar-refractivity contribution in [3.8, 4) is 0 Å². The molecule has 0 saturated carbocycles. The summed E-state index contributed by atoms with van der Waals surface area (Å²) in [5.74, 6) is -0.543. The molecule has 2 aromatic rings. The molecule has 0 bridgehead atoms. The molecule has 0 aliphatic heterocycles. The molecule has 0 heterocycles. The molecule has 0 radical (unpaired) electrons. The Bertz CT molecular complexity index is 613. The summed E-state index contributed by atoms with van der Waals surface area (Å²) in [6, 6.07) is 12.6. The summed E-state index contributed by atoms with van der Waals surface area (Å²) in [7, 11) is 0. The Kier molecular flexibility index (Phi) is 3.92. The fourth-order valence-electron chi connectivity index (χ4n) is 1.72. The molecular weight excluding hydrogens is 262 g/mol. The SMILES string of the molecule is NC(=O)c1cc(NCc2ccccc2Cl)ccc1N. The molecule has 0 aromatic heterocycles. The number of carbonyl (C=O) groups is 1. The Morgan fingerprint density at radius 3 is 2.63 bits per heavy atom. The Balaban J connectivity index is 2.14. The van der Waals surface area contributed by atoms with Gasteiger partial charge in [0.15, 0.2) is 0 Å². The number of benzene rings is 2. The van der Waals surface area contributed by atoms with Gasteiger partial charge in [-0.05, 0) is 29.8 Å². The van der Waals surface area contributed by atoms with Crippen molar-refractivity contribution in [3.63, 3.8) is 0 Å². The summed E-state index contributed by atoms with van der Waals surface area (Å²) >= 11 is 6.06. The molecule has 19 heavy (non-hydrogen) atoms. The third kappa shape index (κ3) is 3.17. The average Bonchev–Trinajstić information content (AvgIpc) is 2.39. The second-order valence-corrected chi connectivity index (χ2v) is 4.52. The zero-order chi connectivity index (χ0) is 13.8. The van der Waals surface area contributed by atoms with Crippen LogP contribution in [0.15, 0.2) is 42.5 Å². The van der Waals surface area contributed by atoms with Gasteiger partial charge in [0.05, 0.1) is 5.56 Å². The van der Waals surface area contributed by atoms with E-state index in [0.717, 1.165) is 11.3 Å². The molecule has 0 spiro atoms. The van der Waals surface area contributed by atoms with Crippen LogP contribution >= 0.6 is 11.6 Å². The number of halogens is 1. The quantitative estimate of drug-likeness (QED) is 0.750. The van der Waals surface area contributed by atoms with E-state index in [1.54, 1.807) is 18.2 Å². The molecular formula is C14H14ClN3O. The van der Waals surface area contributed by atoms with Crippen molar-refractivity contribution in [2.24, 2.45) is 5.73 Å². The van der Waals surface area contributed by atoms with Gasteiger partial charge in [-0.2, -0.15) is 0 Å². The number of rotatable bonds is 4. The van der Waals surface area contributed by atoms with Crippen LogP contribution in [0.3, 0.4) is 0 Å². The van der Waals surface area contributed by atoms with Crippen molar-refractivity contribution >= 4 is 28.9 Å². The largest absolute Gasteiger partial charge is 0.398 e. The Morgan fingerprint density at radius 1 is 1.21 bits per heavy atom. The Labute approximate surface area is 116 Å². The zero-order valence-corrected chi connectivity index (χ0v) is 10.9. The normalized spacial score (nSPS) is 10.2. The van der Waals surface area contributed by atoms with Crippen LogP contribution in [0.25, 0.3) is 0 Å². The highest BCUT2D eigenvalue weighted by molar-refractivity contribution is 6.31. The van der Waals surface area contributed by atoms with Crippen LogP contribution in [0.5, 0.6) is 0 Å². The van der Waals surface area contributed by atoms with Crippen LogP contribution in [-0.2, 0) is 6.54 Å². The minimum absolute atomic E-state index is 0.309. The van der Waals surface area contributed by atoms with Crippen molar-refractivity contribution in [2.75, 3.05) is 11.1 Å². The second-order valence-electron chi connectivity index (χ2n) is 4.11. The van der Waals surface area contributed by atoms with Crippen LogP contribution in [0, 0.1) is 0 Å². The second kappa shape index (κ2) is 5.63. The highest BCUT2D eigenvalue weighted by Gasteiger charge is 2.07. The van der Waals surface area contributed by atoms with Crippen molar-refractivity contribution in [1.82, 2.24) is 0 Å². The van der Waals surface area contributed by atoms with Crippen molar-refractivity contribution in [2.45, 2.75) is 6.54 Å². The maximum absolute atomic E-state index is 11.2. The zero-order valence-electron chi connectivity index (χ0n) is 10.2. The number of primary amides is 1. The molecule has 5 heteroatoms. The molecule has 5 N–H and O–H groups in total. The summed E-state index contributed by atoms with van der Waals surface area (Å²) in [4.78, 5) is 11.2. The Hall–Kier alpha value is -2.20. The lowest BCUT2D eigenvalue weighted by atomic mass is 10.1. The number of nitrogen functional groups attached to an aromatic ring is 1. The lowest BCUT2D eigenvalue weighted by Crippen LogP contribution is -2.14. The van der Waals surface area contributed by atoms with Gasteiger partial charge in [0.1, 0.15) is 0 Å². The van der Waals surface area contributed by atoms with Crippen molar-refractivity contribution in [1.29, 1.82) is 0 Å². The molecule has 2 aromatic carbocycles. The molecule has 0 aliphatic rings. The highest BCUT2D eigenvalue weighted by atomic mass is 35.5. The monoisotopic (exact) mass is 275 g/mol. The van der Waals surface area contributed by atoms with Gasteiger partial charge < -0.3 is 16.8 Å². The summed E-state index contributed by atoms with van der Waals surface area (Å²) < 4.78 is 0. The summed E-state index contributed by atoms with van der Waals surface area (Å²) in [5, 5.41) is 3.87. The van der Waals surface area contributed by atoms with Crippen LogP contribution < -0.4 is 16.8 Å². The highest BCUT2D eigenvalue weighted by Crippen LogP contribution is 2.20. The number of nitrogens with two attached hydrogens (primary N) is 2. The van der Waals surface area contributed by atoms with Gasteiger partial charge in [0, 0.05) is 22.9 Å². The molecule has 2 rings (SSSR count). The number of nitrogens with one attached hydrogen (secondary N) is 1. The predicted molar refractivity (Wildman–Crippen MR) is 78.2 cm³/mol. The molecule has 0 unspecified atom stereocenters. The molecule has 0 saturated heterocycles. The minimum atomic E-state index is -0.543. The number of hydrogen-bond donors (Lipinski definition) is 3. The maximum Gasteiger partial charge on any atom is 0.250 e. The number of amides is 1. The first-order valence-corrected chi connectivity index (χ1v) is 6.12. The van der Waals surface area contributed by atoms with Crippen LogP contribution in [0.4, 0.5) is 11.4 Å². The van der Waals surface area contributed by atoms with Gasteiger partial charge in [0.25, 0.3) is 5.91 Å². The third-order valence-electron chi connectivity index (χ3n) is 2.76. The van der Waals surface area contributed by atoms with E-state index in [1.165, 1.54) is 0 Å². The fraction of sp³-hybridized carbons (Fsp3) is 0.0714. The van der Waals surface area contributed by atoms with E-state index < -0.39 is 5.91 Å². The first-order chi connectivity index (χ1) is 9.08. The predicted octanol–water partition coefficient (Wildman–Crippen LogP) is 2.63. The van der Waals surface area contributed by atoms with Gasteiger partial charge in [-0.15, -0.1) is 0 Å². The van der Waals surface area contributed by atoms with Crippen molar-refractivity contribution in [3.05, 3.63) is 58.6 Å². The van der Waals surface area contributed by atoms with E-state index in [-0.39, 0.29) is 0 Å². The number of anilines is 2. The lowest BCUT2D eigenvalue weighted by molar-refractivity contribution is 0.100. The van der Waals surface area contributed by atoms with Gasteiger partial charge in [-0.1, -0.05) is 29.8 Å². The molecule has 0 fully saturated rings. The van der Waals surface area contributed by atoms with E-state index in [0.29, 0.717) is 22.8 Å². The summed E-state index contributed by atoms with van der Waals surface area (Å²) in [6.07, 6.45) is 0. The molecule has 1 amide bonds. The van der Waals surface area contributed by atoms with E-state index in [4.69, 9.17) is 23.1 Å². The summed E-state index contributed by atoms with van der Waals surface area (Å²) in [6.45, 7) is 0.557. The minimum Gasteiger partial charge on any atom is -0.398 e. The lowest BCUT2D eigenvalue weighted by Gasteiger charge is -2.10. The van der Waals surface area contributed by atoms with Crippen molar-refractivity contribution < 1.29 is 4.79 Å². The molecule has 4 nitrogen and oxygen atoms in total. The number of carbonyl (C=O) groups excluding carboxylic acids is 1. The molecule has 98 valence electrons. The van der Waals surface area contributed by atoms with Gasteiger partial charge in [-0.3, -0.25) is 4.79 Å². The van der Waals surface area contributed by atoms with Gasteiger partial charge in [-0.25, -0.2) is 0 Å². The molecule has 0 aliphatic carbocycles. The Morgan fingerprint density at radius 2 is 1.95 bits per heavy atom. The third-order valence-corrected chi connectivity index (χ3v) is 3.13. The van der Waals surface area contributed by atoms with Gasteiger partial charge >= 0.3 is 0 Å². The first-order valence-electron chi connectivity index (χ1n) is 5.74. The smallest absolute Gasteiger partial charge is 0.250 e. The van der Waals surface area contributed by atoms with Crippen LogP contribution in [0.1, 0.15) is 15.9 Å². The number of hydrogen-bond acceptors (Lipinski definition) is 3. The average molecular weight is 276 g/mol. The van der Waals surface area contributed by atoms with Gasteiger partial charge in [0.2, 0.25) is 0 Å². The fourth-order valence-corrected chi connectivity index (χ4v) is 1.92. The first kappa shape index (κ1) is 13.2.